The molecule has 0 radical (unpaired) electrons. The summed E-state index contributed by atoms with van der Waals surface area (Å²) < 4.78 is 19.4. The minimum atomic E-state index is -0.272. The molecule has 0 atom stereocenters. The molecule has 0 fully saturated rings. The average molecular weight is 359 g/mol. The number of aromatic nitrogens is 1. The van der Waals surface area contributed by atoms with Gasteiger partial charge in [-0.3, -0.25) is 0 Å². The summed E-state index contributed by atoms with van der Waals surface area (Å²) in [5, 5.41) is 4.09. The maximum atomic E-state index is 13.5. The summed E-state index contributed by atoms with van der Waals surface area (Å²) in [6.45, 7) is 4.17. The Balaban J connectivity index is 2.35. The molecule has 20 heavy (non-hydrogen) atoms. The van der Waals surface area contributed by atoms with E-state index in [1.165, 1.54) is 12.1 Å². The van der Waals surface area contributed by atoms with Crippen molar-refractivity contribution in [1.82, 2.24) is 10.3 Å². The number of ether oxygens (including phenoxy) is 1. The van der Waals surface area contributed by atoms with E-state index in [0.717, 1.165) is 34.2 Å². The molecule has 0 aliphatic rings. The first-order valence-corrected chi connectivity index (χ1v) is 7.89. The number of hydrogen-bond donors (Lipinski definition) is 1. The Morgan fingerprint density at radius 1 is 1.40 bits per heavy atom. The fraction of sp³-hybridized carbons (Fsp3) is 0.357. The largest absolute Gasteiger partial charge is 0.378 e. The number of nitrogens with zero attached hydrogens (tertiary/aromatic N) is 1. The molecule has 108 valence electrons. The van der Waals surface area contributed by atoms with Gasteiger partial charge in [0.1, 0.15) is 10.8 Å². The van der Waals surface area contributed by atoms with Crippen molar-refractivity contribution < 1.29 is 9.13 Å². The number of nitrogens with one attached hydrogen (secondary N) is 1. The highest BCUT2D eigenvalue weighted by atomic mass is 79.9. The Hall–Kier alpha value is -0.820. The van der Waals surface area contributed by atoms with Gasteiger partial charge in [0.05, 0.1) is 12.3 Å². The molecule has 0 spiro atoms. The molecule has 3 nitrogen and oxygen atoms in total. The van der Waals surface area contributed by atoms with Crippen molar-refractivity contribution in [3.63, 3.8) is 0 Å². The lowest BCUT2D eigenvalue weighted by molar-refractivity contribution is 0.181. The second-order valence-corrected chi connectivity index (χ2v) is 6.26. The first-order chi connectivity index (χ1) is 9.63. The molecule has 0 saturated heterocycles. The van der Waals surface area contributed by atoms with E-state index in [1.807, 2.05) is 6.07 Å². The summed E-state index contributed by atoms with van der Waals surface area (Å²) in [4.78, 5) is 5.70. The number of hydrogen-bond acceptors (Lipinski definition) is 4. The normalized spacial score (nSPS) is 11.0. The van der Waals surface area contributed by atoms with Crippen molar-refractivity contribution in [1.29, 1.82) is 0 Å². The van der Waals surface area contributed by atoms with Crippen LogP contribution in [0.4, 0.5) is 4.39 Å². The van der Waals surface area contributed by atoms with Gasteiger partial charge in [-0.2, -0.15) is 0 Å². The Labute approximate surface area is 130 Å². The summed E-state index contributed by atoms with van der Waals surface area (Å²) >= 11 is 4.88. The molecule has 0 unspecified atom stereocenters. The fourth-order valence-corrected chi connectivity index (χ4v) is 3.30. The molecule has 6 heteroatoms. The minimum absolute atomic E-state index is 0.272. The first-order valence-electron chi connectivity index (χ1n) is 6.28. The van der Waals surface area contributed by atoms with Crippen molar-refractivity contribution in [3.8, 4) is 10.6 Å². The Kier molecular flexibility index (Phi) is 5.65. The van der Waals surface area contributed by atoms with Gasteiger partial charge < -0.3 is 10.1 Å². The molecule has 2 aromatic rings. The fourth-order valence-electron chi connectivity index (χ4n) is 1.81. The van der Waals surface area contributed by atoms with Gasteiger partial charge >= 0.3 is 0 Å². The van der Waals surface area contributed by atoms with Gasteiger partial charge in [0.25, 0.3) is 0 Å². The van der Waals surface area contributed by atoms with Crippen LogP contribution in [0.3, 0.4) is 0 Å². The van der Waals surface area contributed by atoms with Crippen molar-refractivity contribution >= 4 is 27.3 Å². The van der Waals surface area contributed by atoms with Crippen molar-refractivity contribution in [3.05, 3.63) is 39.1 Å². The van der Waals surface area contributed by atoms with Crippen LogP contribution in [0.5, 0.6) is 0 Å². The predicted molar refractivity (Wildman–Crippen MR) is 83.3 cm³/mol. The van der Waals surface area contributed by atoms with E-state index >= 15 is 0 Å². The first kappa shape index (κ1) is 15.6. The van der Waals surface area contributed by atoms with Gasteiger partial charge in [-0.1, -0.05) is 22.9 Å². The lowest BCUT2D eigenvalue weighted by atomic mass is 10.2. The van der Waals surface area contributed by atoms with E-state index in [9.17, 15) is 4.39 Å². The van der Waals surface area contributed by atoms with Gasteiger partial charge in [0, 0.05) is 28.6 Å². The van der Waals surface area contributed by atoms with Gasteiger partial charge in [0.15, 0.2) is 0 Å². The highest BCUT2D eigenvalue weighted by molar-refractivity contribution is 9.10. The predicted octanol–water partition coefficient (Wildman–Crippen LogP) is 3.97. The molecule has 0 saturated carbocycles. The molecular weight excluding hydrogens is 343 g/mol. The van der Waals surface area contributed by atoms with Crippen LogP contribution in [0.15, 0.2) is 22.7 Å². The number of thiazole rings is 1. The average Bonchev–Trinajstić information content (AvgIpc) is 2.79. The van der Waals surface area contributed by atoms with Gasteiger partial charge in [-0.25, -0.2) is 9.37 Å². The Bertz CT molecular complexity index is 568. The van der Waals surface area contributed by atoms with Crippen molar-refractivity contribution in [2.45, 2.75) is 20.1 Å². The Morgan fingerprint density at radius 2 is 2.20 bits per heavy atom. The van der Waals surface area contributed by atoms with Crippen LogP contribution in [-0.2, 0) is 17.9 Å². The molecule has 0 amide bonds. The van der Waals surface area contributed by atoms with Crippen molar-refractivity contribution in [2.75, 3.05) is 13.7 Å². The van der Waals surface area contributed by atoms with Crippen LogP contribution < -0.4 is 5.32 Å². The minimum Gasteiger partial charge on any atom is -0.378 e. The quantitative estimate of drug-likeness (QED) is 0.848. The summed E-state index contributed by atoms with van der Waals surface area (Å²) in [6.07, 6.45) is 0. The summed E-state index contributed by atoms with van der Waals surface area (Å²) in [6, 6.07) is 4.81. The molecule has 2 rings (SSSR count). The third-order valence-electron chi connectivity index (χ3n) is 2.70. The van der Waals surface area contributed by atoms with Gasteiger partial charge in [0.2, 0.25) is 0 Å². The van der Waals surface area contributed by atoms with Gasteiger partial charge in [-0.15, -0.1) is 11.3 Å². The van der Waals surface area contributed by atoms with Crippen LogP contribution in [0.25, 0.3) is 10.6 Å². The van der Waals surface area contributed by atoms with Crippen LogP contribution in [0.1, 0.15) is 17.5 Å². The van der Waals surface area contributed by atoms with E-state index in [2.05, 4.69) is 33.2 Å². The second-order valence-electron chi connectivity index (χ2n) is 4.26. The van der Waals surface area contributed by atoms with Crippen LogP contribution in [-0.4, -0.2) is 18.6 Å². The molecule has 0 aliphatic heterocycles. The third kappa shape index (κ3) is 3.85. The zero-order valence-corrected chi connectivity index (χ0v) is 13.8. The molecule has 0 aliphatic carbocycles. The number of benzene rings is 1. The molecular formula is C14H16BrFN2OS. The maximum absolute atomic E-state index is 13.5. The van der Waals surface area contributed by atoms with E-state index in [4.69, 9.17) is 4.74 Å². The molecule has 1 N–H and O–H groups in total. The lowest BCUT2D eigenvalue weighted by Crippen LogP contribution is -2.12. The van der Waals surface area contributed by atoms with Crippen LogP contribution in [0.2, 0.25) is 0 Å². The maximum Gasteiger partial charge on any atom is 0.125 e. The SMILES string of the molecule is CCNCc1sc(-c2cc(F)cc(Br)c2)nc1COC. The summed E-state index contributed by atoms with van der Waals surface area (Å²) in [5.41, 5.74) is 1.69. The van der Waals surface area contributed by atoms with E-state index in [1.54, 1.807) is 18.4 Å². The highest BCUT2D eigenvalue weighted by Gasteiger charge is 2.13. The van der Waals surface area contributed by atoms with Gasteiger partial charge in [-0.05, 0) is 24.7 Å². The van der Waals surface area contributed by atoms with E-state index < -0.39 is 0 Å². The molecule has 1 aromatic heterocycles. The monoisotopic (exact) mass is 358 g/mol. The highest BCUT2D eigenvalue weighted by Crippen LogP contribution is 2.31. The van der Waals surface area contributed by atoms with Crippen LogP contribution >= 0.6 is 27.3 Å². The molecule has 1 aromatic carbocycles. The zero-order chi connectivity index (χ0) is 14.5. The number of rotatable bonds is 6. The molecule has 1 heterocycles. The summed E-state index contributed by atoms with van der Waals surface area (Å²) in [7, 11) is 1.65. The molecule has 0 bridgehead atoms. The number of halogens is 2. The summed E-state index contributed by atoms with van der Waals surface area (Å²) in [5.74, 6) is -0.272. The topological polar surface area (TPSA) is 34.2 Å². The number of methoxy groups -OCH3 is 1. The lowest BCUT2D eigenvalue weighted by Gasteiger charge is -2.00. The smallest absolute Gasteiger partial charge is 0.125 e. The second kappa shape index (κ2) is 7.26. The van der Waals surface area contributed by atoms with E-state index in [-0.39, 0.29) is 5.82 Å². The Morgan fingerprint density at radius 3 is 2.85 bits per heavy atom. The third-order valence-corrected chi connectivity index (χ3v) is 4.31. The van der Waals surface area contributed by atoms with Crippen LogP contribution in [0, 0.1) is 5.82 Å². The van der Waals surface area contributed by atoms with Crippen molar-refractivity contribution in [2.24, 2.45) is 0 Å². The van der Waals surface area contributed by atoms with E-state index in [0.29, 0.717) is 11.1 Å². The standard InChI is InChI=1S/C14H16BrFN2OS/c1-3-17-7-13-12(8-19-2)18-14(20-13)9-4-10(15)6-11(16)5-9/h4-6,17H,3,7-8H2,1-2H3. The zero-order valence-electron chi connectivity index (χ0n) is 11.4.